The molecule has 0 saturated carbocycles. The number of carbonyl (C=O) groups is 4. The first-order chi connectivity index (χ1) is 18.5. The van der Waals surface area contributed by atoms with Crippen LogP contribution in [0.2, 0.25) is 0 Å². The van der Waals surface area contributed by atoms with E-state index in [1.807, 2.05) is 35.2 Å². The number of carboxylic acid groups (broad SMARTS) is 2. The molecular formula is C24H24N6O7S2. The standard InChI is InChI=1S/C24H24N6O7S2/c1-24(2,22(35)36)37-28-15(14-12-39-23(25)26-14)18(31)27-16-19(32)30-17(21(33)34)13(11-38-20(16)30)7-6-10-29-8-4-3-5-9-29/h3-9,12,16,20H,10-11H2,1-2H3,(H4-,25,26,27,31,33,34,35,36)/b7-6?,28-15-/t16?,20-/m1/s1. The number of allylic oxidation sites excluding steroid dienone is 2. The Morgan fingerprint density at radius 2 is 2.08 bits per heavy atom. The summed E-state index contributed by atoms with van der Waals surface area (Å²) in [4.78, 5) is 59.7. The topological polar surface area (TPSA) is 191 Å². The minimum absolute atomic E-state index is 0.0233. The van der Waals surface area contributed by atoms with Crippen molar-refractivity contribution in [1.29, 1.82) is 0 Å². The second-order valence-electron chi connectivity index (χ2n) is 8.91. The number of β-lactam (4-membered cyclic amide) rings is 1. The summed E-state index contributed by atoms with van der Waals surface area (Å²) >= 11 is 2.30. The number of carbonyl (C=O) groups excluding carboxylic acids is 3. The third-order valence-electron chi connectivity index (χ3n) is 5.75. The van der Waals surface area contributed by atoms with Gasteiger partial charge in [-0.1, -0.05) is 17.3 Å². The highest BCUT2D eigenvalue weighted by Gasteiger charge is 2.53. The van der Waals surface area contributed by atoms with Crippen molar-refractivity contribution in [3.63, 3.8) is 0 Å². The van der Waals surface area contributed by atoms with Gasteiger partial charge in [0.25, 0.3) is 11.8 Å². The minimum Gasteiger partial charge on any atom is -0.543 e. The molecule has 2 amide bonds. The van der Waals surface area contributed by atoms with Crippen molar-refractivity contribution in [3.05, 3.63) is 65.1 Å². The van der Waals surface area contributed by atoms with Gasteiger partial charge < -0.3 is 30.9 Å². The number of aromatic nitrogens is 2. The molecule has 1 unspecified atom stereocenters. The number of rotatable bonds is 10. The Bertz CT molecular complexity index is 1400. The monoisotopic (exact) mass is 572 g/mol. The van der Waals surface area contributed by atoms with E-state index in [0.717, 1.165) is 16.2 Å². The predicted octanol–water partition coefficient (Wildman–Crippen LogP) is -0.743. The number of nitrogens with two attached hydrogens (primary N) is 1. The summed E-state index contributed by atoms with van der Waals surface area (Å²) in [5.41, 5.74) is 3.71. The van der Waals surface area contributed by atoms with E-state index in [4.69, 9.17) is 10.6 Å². The maximum atomic E-state index is 13.1. The fourth-order valence-corrected chi connectivity index (χ4v) is 5.51. The molecule has 204 valence electrons. The van der Waals surface area contributed by atoms with E-state index >= 15 is 0 Å². The van der Waals surface area contributed by atoms with E-state index in [9.17, 15) is 29.4 Å². The Hall–Kier alpha value is -4.24. The van der Waals surface area contributed by atoms with Crippen LogP contribution in [0.3, 0.4) is 0 Å². The normalized spacial score (nSPS) is 19.5. The van der Waals surface area contributed by atoms with Crippen LogP contribution in [0.15, 0.2) is 64.6 Å². The zero-order valence-electron chi connectivity index (χ0n) is 20.8. The Kier molecular flexibility index (Phi) is 8.01. The Morgan fingerprint density at radius 1 is 1.36 bits per heavy atom. The maximum absolute atomic E-state index is 13.1. The van der Waals surface area contributed by atoms with Gasteiger partial charge in [0.1, 0.15) is 17.1 Å². The van der Waals surface area contributed by atoms with Crippen molar-refractivity contribution in [1.82, 2.24) is 15.2 Å². The number of nitrogen functional groups attached to an aromatic ring is 1. The average Bonchev–Trinajstić information content (AvgIpc) is 3.32. The van der Waals surface area contributed by atoms with E-state index in [1.54, 1.807) is 12.2 Å². The lowest BCUT2D eigenvalue weighted by atomic mass is 10.0. The van der Waals surface area contributed by atoms with Crippen molar-refractivity contribution >= 4 is 57.7 Å². The summed E-state index contributed by atoms with van der Waals surface area (Å²) < 4.78 is 1.89. The number of thioether (sulfide) groups is 1. The SMILES string of the molecule is CC(C)(O/N=C(\C(=O)NC1C(=O)N2C(C(=O)[O-])=C(C=CC[n+]3ccccc3)CS[C@H]12)c1csc(N)n1)C(=O)O. The lowest BCUT2D eigenvalue weighted by molar-refractivity contribution is -0.687. The molecule has 2 aromatic rings. The highest BCUT2D eigenvalue weighted by Crippen LogP contribution is 2.40. The van der Waals surface area contributed by atoms with Crippen LogP contribution in [0.5, 0.6) is 0 Å². The molecule has 39 heavy (non-hydrogen) atoms. The van der Waals surface area contributed by atoms with E-state index in [1.165, 1.54) is 31.0 Å². The van der Waals surface area contributed by atoms with Crippen molar-refractivity contribution in [3.8, 4) is 0 Å². The van der Waals surface area contributed by atoms with Crippen molar-refractivity contribution in [2.75, 3.05) is 11.5 Å². The predicted molar refractivity (Wildman–Crippen MR) is 139 cm³/mol. The number of aliphatic carboxylic acids is 2. The van der Waals surface area contributed by atoms with Crippen LogP contribution in [-0.2, 0) is 30.6 Å². The summed E-state index contributed by atoms with van der Waals surface area (Å²) in [6.07, 6.45) is 7.15. The molecule has 0 spiro atoms. The number of carboxylic acids is 2. The van der Waals surface area contributed by atoms with Crippen molar-refractivity contribution in [2.24, 2.45) is 5.16 Å². The molecular weight excluding hydrogens is 548 g/mol. The fourth-order valence-electron chi connectivity index (χ4n) is 3.64. The van der Waals surface area contributed by atoms with E-state index < -0.39 is 40.8 Å². The van der Waals surface area contributed by atoms with Crippen LogP contribution in [0.4, 0.5) is 5.13 Å². The summed E-state index contributed by atoms with van der Waals surface area (Å²) in [6, 6.07) is 4.54. The Balaban J connectivity index is 1.52. The van der Waals surface area contributed by atoms with Gasteiger partial charge >= 0.3 is 5.97 Å². The molecule has 13 nitrogen and oxygen atoms in total. The second kappa shape index (κ2) is 11.2. The molecule has 0 aliphatic carbocycles. The Morgan fingerprint density at radius 3 is 2.69 bits per heavy atom. The van der Waals surface area contributed by atoms with Gasteiger partial charge in [0.05, 0.1) is 11.7 Å². The number of anilines is 1. The van der Waals surface area contributed by atoms with Gasteiger partial charge in [0, 0.05) is 23.3 Å². The van der Waals surface area contributed by atoms with Crippen LogP contribution in [0, 0.1) is 0 Å². The molecule has 1 saturated heterocycles. The first-order valence-corrected chi connectivity index (χ1v) is 13.4. The number of oxime groups is 1. The maximum Gasteiger partial charge on any atom is 0.350 e. The van der Waals surface area contributed by atoms with Crippen molar-refractivity contribution in [2.45, 2.75) is 37.4 Å². The fraction of sp³-hybridized carbons (Fsp3) is 0.292. The number of nitrogens with one attached hydrogen (secondary N) is 1. The molecule has 2 aromatic heterocycles. The molecule has 4 heterocycles. The number of fused-ring (bicyclic) bond motifs is 1. The van der Waals surface area contributed by atoms with Crippen LogP contribution in [-0.4, -0.2) is 67.2 Å². The van der Waals surface area contributed by atoms with E-state index in [2.05, 4.69) is 15.5 Å². The molecule has 0 radical (unpaired) electrons. The van der Waals surface area contributed by atoms with E-state index in [-0.39, 0.29) is 28.0 Å². The van der Waals surface area contributed by atoms with Crippen LogP contribution < -0.4 is 20.7 Å². The summed E-state index contributed by atoms with van der Waals surface area (Å²) in [7, 11) is 0. The number of thiazole rings is 1. The van der Waals surface area contributed by atoms with Crippen LogP contribution in [0.1, 0.15) is 19.5 Å². The van der Waals surface area contributed by atoms with Gasteiger partial charge in [-0.2, -0.15) is 0 Å². The number of hydrogen-bond acceptors (Lipinski definition) is 11. The smallest absolute Gasteiger partial charge is 0.350 e. The highest BCUT2D eigenvalue weighted by molar-refractivity contribution is 8.00. The van der Waals surface area contributed by atoms with Crippen LogP contribution >= 0.6 is 23.1 Å². The first-order valence-electron chi connectivity index (χ1n) is 11.5. The lowest BCUT2D eigenvalue weighted by Crippen LogP contribution is -2.71. The quantitative estimate of drug-likeness (QED) is 0.141. The second-order valence-corrected chi connectivity index (χ2v) is 10.9. The third-order valence-corrected chi connectivity index (χ3v) is 7.73. The molecule has 2 atom stereocenters. The average molecular weight is 573 g/mol. The van der Waals surface area contributed by atoms with Gasteiger partial charge in [-0.3, -0.25) is 14.5 Å². The summed E-state index contributed by atoms with van der Waals surface area (Å²) in [6.45, 7) is 2.98. The first kappa shape index (κ1) is 27.8. The molecule has 0 aromatic carbocycles. The molecule has 4 rings (SSSR count). The zero-order valence-corrected chi connectivity index (χ0v) is 22.4. The van der Waals surface area contributed by atoms with Gasteiger partial charge in [0.15, 0.2) is 29.8 Å². The number of pyridine rings is 1. The minimum atomic E-state index is -1.76. The molecule has 2 aliphatic rings. The van der Waals surface area contributed by atoms with Crippen LogP contribution in [0.25, 0.3) is 0 Å². The lowest BCUT2D eigenvalue weighted by Gasteiger charge is -2.50. The van der Waals surface area contributed by atoms with E-state index in [0.29, 0.717) is 12.1 Å². The number of nitrogens with zero attached hydrogens (tertiary/aromatic N) is 4. The summed E-state index contributed by atoms with van der Waals surface area (Å²) in [5, 5.41) is 28.4. The zero-order chi connectivity index (χ0) is 28.3. The number of hydrogen-bond donors (Lipinski definition) is 3. The molecule has 15 heteroatoms. The van der Waals surface area contributed by atoms with Gasteiger partial charge in [-0.25, -0.2) is 14.3 Å². The van der Waals surface area contributed by atoms with Crippen molar-refractivity contribution < 1.29 is 38.8 Å². The molecule has 1 fully saturated rings. The largest absolute Gasteiger partial charge is 0.543 e. The third kappa shape index (κ3) is 5.93. The molecule has 4 N–H and O–H groups in total. The Labute approximate surface area is 230 Å². The molecule has 0 bridgehead atoms. The van der Waals surface area contributed by atoms with Gasteiger partial charge in [-0.15, -0.1) is 23.1 Å². The van der Waals surface area contributed by atoms with Gasteiger partial charge in [-0.05, 0) is 25.5 Å². The van der Waals surface area contributed by atoms with Gasteiger partial charge in [0.2, 0.25) is 5.60 Å². The highest BCUT2D eigenvalue weighted by atomic mass is 32.2. The number of amides is 2. The molecule has 2 aliphatic heterocycles. The summed E-state index contributed by atoms with van der Waals surface area (Å²) in [5.74, 6) is -4.08.